The highest BCUT2D eigenvalue weighted by molar-refractivity contribution is 6.22. The molecule has 0 saturated heterocycles. The molecule has 0 radical (unpaired) electrons. The summed E-state index contributed by atoms with van der Waals surface area (Å²) in [6.45, 7) is 0. The van der Waals surface area contributed by atoms with Gasteiger partial charge in [-0.1, -0.05) is 158 Å². The van der Waals surface area contributed by atoms with Crippen LogP contribution in [0.4, 0.5) is 5.69 Å². The summed E-state index contributed by atoms with van der Waals surface area (Å²) in [7, 11) is 0. The van der Waals surface area contributed by atoms with Gasteiger partial charge in [-0.25, -0.2) is 9.97 Å². The van der Waals surface area contributed by atoms with E-state index < -0.39 is 0 Å². The number of rotatable bonds is 4. The van der Waals surface area contributed by atoms with Crippen molar-refractivity contribution in [3.05, 3.63) is 193 Å². The number of furan rings is 1. The van der Waals surface area contributed by atoms with E-state index in [-0.39, 0.29) is 6.04 Å². The van der Waals surface area contributed by atoms with Crippen molar-refractivity contribution in [2.24, 2.45) is 0 Å². The van der Waals surface area contributed by atoms with Crippen molar-refractivity contribution in [1.82, 2.24) is 9.97 Å². The van der Waals surface area contributed by atoms with Crippen LogP contribution in [-0.4, -0.2) is 9.97 Å². The Morgan fingerprint density at radius 2 is 1.23 bits per heavy atom. The molecule has 12 rings (SSSR count). The zero-order chi connectivity index (χ0) is 37.5. The summed E-state index contributed by atoms with van der Waals surface area (Å²) in [4.78, 5) is 10.6. The molecule has 3 aromatic heterocycles. The van der Waals surface area contributed by atoms with Gasteiger partial charge in [0.1, 0.15) is 11.3 Å². The van der Waals surface area contributed by atoms with Crippen molar-refractivity contribution in [2.45, 2.75) is 6.04 Å². The van der Waals surface area contributed by atoms with Crippen LogP contribution in [0, 0.1) is 0 Å². The van der Waals surface area contributed by atoms with Gasteiger partial charge in [0.2, 0.25) is 0 Å². The van der Waals surface area contributed by atoms with Crippen molar-refractivity contribution < 1.29 is 4.42 Å². The molecule has 0 spiro atoms. The van der Waals surface area contributed by atoms with Gasteiger partial charge >= 0.3 is 0 Å². The number of nitrogens with one attached hydrogen (secondary N) is 1. The Morgan fingerprint density at radius 3 is 2.11 bits per heavy atom. The average molecular weight is 728 g/mol. The molecule has 0 aliphatic carbocycles. The molecule has 1 N–H and O–H groups in total. The highest BCUT2D eigenvalue weighted by Gasteiger charge is 2.21. The first kappa shape index (κ1) is 31.8. The van der Waals surface area contributed by atoms with E-state index in [1.165, 1.54) is 32.7 Å². The lowest BCUT2D eigenvalue weighted by atomic mass is 9.92. The van der Waals surface area contributed by atoms with Gasteiger partial charge in [0.25, 0.3) is 0 Å². The maximum absolute atomic E-state index is 6.69. The predicted octanol–water partition coefficient (Wildman–Crippen LogP) is 14.2. The van der Waals surface area contributed by atoms with Gasteiger partial charge in [-0.05, 0) is 74.1 Å². The van der Waals surface area contributed by atoms with E-state index in [4.69, 9.17) is 14.4 Å². The number of aromatic nitrogens is 2. The van der Waals surface area contributed by atoms with Gasteiger partial charge in [-0.15, -0.1) is 0 Å². The second-order valence-electron chi connectivity index (χ2n) is 15.0. The van der Waals surface area contributed by atoms with Gasteiger partial charge in [0.05, 0.1) is 28.5 Å². The molecule has 0 fully saturated rings. The lowest BCUT2D eigenvalue weighted by Gasteiger charge is -2.24. The molecule has 4 nitrogen and oxygen atoms in total. The molecule has 1 atom stereocenters. The van der Waals surface area contributed by atoms with Crippen molar-refractivity contribution in [3.63, 3.8) is 0 Å². The molecule has 57 heavy (non-hydrogen) atoms. The molecule has 266 valence electrons. The minimum absolute atomic E-state index is 0.0868. The summed E-state index contributed by atoms with van der Waals surface area (Å²) in [5.41, 5.74) is 13.1. The Morgan fingerprint density at radius 1 is 0.509 bits per heavy atom. The van der Waals surface area contributed by atoms with Crippen LogP contribution in [0.25, 0.3) is 105 Å². The minimum atomic E-state index is 0.0868. The summed E-state index contributed by atoms with van der Waals surface area (Å²) in [6, 6.07) is 62.5. The molecule has 4 heteroatoms. The Balaban J connectivity index is 0.970. The molecular formula is C53H33N3O. The molecular weight excluding hydrogens is 695 g/mol. The zero-order valence-electron chi connectivity index (χ0n) is 30.8. The van der Waals surface area contributed by atoms with Gasteiger partial charge in [0, 0.05) is 32.7 Å². The third-order valence-corrected chi connectivity index (χ3v) is 11.7. The highest BCUT2D eigenvalue weighted by atomic mass is 16.3. The Hall–Kier alpha value is -7.56. The van der Waals surface area contributed by atoms with Crippen molar-refractivity contribution >= 4 is 77.1 Å². The summed E-state index contributed by atoms with van der Waals surface area (Å²) in [5.74, 6) is 0. The van der Waals surface area contributed by atoms with Crippen LogP contribution < -0.4 is 5.32 Å². The van der Waals surface area contributed by atoms with E-state index >= 15 is 0 Å². The van der Waals surface area contributed by atoms with Crippen LogP contribution in [0.5, 0.6) is 0 Å². The van der Waals surface area contributed by atoms with Crippen LogP contribution in [0.15, 0.2) is 186 Å². The second kappa shape index (κ2) is 12.5. The molecule has 1 aliphatic rings. The van der Waals surface area contributed by atoms with Gasteiger partial charge in [0.15, 0.2) is 5.58 Å². The first-order chi connectivity index (χ1) is 28.2. The fourth-order valence-corrected chi connectivity index (χ4v) is 8.85. The summed E-state index contributed by atoms with van der Waals surface area (Å²) >= 11 is 0. The Bertz CT molecular complexity index is 3440. The van der Waals surface area contributed by atoms with Crippen molar-refractivity contribution in [2.75, 3.05) is 5.32 Å². The van der Waals surface area contributed by atoms with E-state index in [2.05, 4.69) is 181 Å². The molecule has 11 aromatic rings. The number of hydrogen-bond donors (Lipinski definition) is 1. The maximum atomic E-state index is 6.69. The first-order valence-corrected chi connectivity index (χ1v) is 19.4. The lowest BCUT2D eigenvalue weighted by molar-refractivity contribution is 0.669. The largest absolute Gasteiger partial charge is 0.454 e. The van der Waals surface area contributed by atoms with Gasteiger partial charge in [-0.3, -0.25) is 0 Å². The number of pyridine rings is 2. The number of hydrogen-bond acceptors (Lipinski definition) is 4. The Labute approximate surface area is 328 Å². The summed E-state index contributed by atoms with van der Waals surface area (Å²) in [6.07, 6.45) is 4.42. The van der Waals surface area contributed by atoms with Crippen LogP contribution >= 0.6 is 0 Å². The van der Waals surface area contributed by atoms with E-state index in [9.17, 15) is 0 Å². The number of anilines is 1. The minimum Gasteiger partial charge on any atom is -0.454 e. The molecule has 0 amide bonds. The van der Waals surface area contributed by atoms with Gasteiger partial charge in [-0.2, -0.15) is 0 Å². The number of fused-ring (bicyclic) bond motifs is 11. The van der Waals surface area contributed by atoms with Gasteiger partial charge < -0.3 is 9.73 Å². The van der Waals surface area contributed by atoms with E-state index in [0.717, 1.165) is 83.1 Å². The van der Waals surface area contributed by atoms with Crippen LogP contribution in [0.3, 0.4) is 0 Å². The monoisotopic (exact) mass is 727 g/mol. The fourth-order valence-electron chi connectivity index (χ4n) is 8.85. The second-order valence-corrected chi connectivity index (χ2v) is 15.0. The molecule has 1 unspecified atom stereocenters. The summed E-state index contributed by atoms with van der Waals surface area (Å²) < 4.78 is 6.69. The molecule has 8 aromatic carbocycles. The van der Waals surface area contributed by atoms with E-state index in [1.807, 2.05) is 12.1 Å². The average Bonchev–Trinajstić information content (AvgIpc) is 3.68. The normalized spacial score (nSPS) is 13.9. The lowest BCUT2D eigenvalue weighted by Crippen LogP contribution is -2.12. The van der Waals surface area contributed by atoms with E-state index in [1.54, 1.807) is 0 Å². The standard InChI is InChI=1S/C53H33N3O/c1-2-10-32(11-3-1)45-27-24-34-22-23-35-25-28-46(55-51(35)50(34)54-45)33-18-20-36(21-19-33)52-53-49(42-16-8-9-17-48(42)57-53)44-31-38(26-29-47(44)56-52)43-30-37-12-4-5-13-39(37)40-14-6-7-15-41(40)43/h1-31,45,54H. The van der Waals surface area contributed by atoms with Crippen LogP contribution in [0.1, 0.15) is 17.2 Å². The molecule has 1 aliphatic heterocycles. The summed E-state index contributed by atoms with van der Waals surface area (Å²) in [5, 5.41) is 13.1. The SMILES string of the molecule is C1=CC(c2ccccc2)Nc2c1ccc1ccc(-c3ccc(-c4nc5ccc(-c6cc7ccccc7c7ccccc67)cc5c5c4oc4ccccc45)cc3)nc21. The maximum Gasteiger partial charge on any atom is 0.162 e. The predicted molar refractivity (Wildman–Crippen MR) is 237 cm³/mol. The van der Waals surface area contributed by atoms with Crippen LogP contribution in [-0.2, 0) is 0 Å². The zero-order valence-corrected chi connectivity index (χ0v) is 30.8. The third kappa shape index (κ3) is 5.08. The van der Waals surface area contributed by atoms with E-state index in [0.29, 0.717) is 0 Å². The first-order valence-electron chi connectivity index (χ1n) is 19.4. The fraction of sp³-hybridized carbons (Fsp3) is 0.0189. The quantitative estimate of drug-likeness (QED) is 0.183. The highest BCUT2D eigenvalue weighted by Crippen LogP contribution is 2.43. The van der Waals surface area contributed by atoms with Crippen LogP contribution in [0.2, 0.25) is 0 Å². The molecule has 0 saturated carbocycles. The number of nitrogens with zero attached hydrogens (tertiary/aromatic N) is 2. The number of benzene rings is 8. The molecule has 4 heterocycles. The molecule has 0 bridgehead atoms. The topological polar surface area (TPSA) is 51.0 Å². The number of para-hydroxylation sites is 1. The van der Waals surface area contributed by atoms with Crippen molar-refractivity contribution in [3.8, 4) is 33.6 Å². The third-order valence-electron chi connectivity index (χ3n) is 11.7. The Kier molecular flexibility index (Phi) is 6.96. The van der Waals surface area contributed by atoms with Crippen molar-refractivity contribution in [1.29, 1.82) is 0 Å². The smallest absolute Gasteiger partial charge is 0.162 e.